The first-order valence-electron chi connectivity index (χ1n) is 6.65. The zero-order valence-electron chi connectivity index (χ0n) is 11.3. The molecule has 1 aromatic heterocycles. The number of rotatable bonds is 4. The predicted octanol–water partition coefficient (Wildman–Crippen LogP) is 1.97. The summed E-state index contributed by atoms with van der Waals surface area (Å²) in [6.07, 6.45) is 11.6. The first-order chi connectivity index (χ1) is 8.69. The Morgan fingerprint density at radius 2 is 2.22 bits per heavy atom. The van der Waals surface area contributed by atoms with E-state index in [0.717, 1.165) is 38.2 Å². The summed E-state index contributed by atoms with van der Waals surface area (Å²) in [6.45, 7) is 7.21. The van der Waals surface area contributed by atoms with E-state index in [2.05, 4.69) is 41.3 Å². The lowest BCUT2D eigenvalue weighted by Crippen LogP contribution is -2.39. The summed E-state index contributed by atoms with van der Waals surface area (Å²) < 4.78 is 1.98. The number of terminal acetylenes is 1. The van der Waals surface area contributed by atoms with Crippen molar-refractivity contribution in [2.24, 2.45) is 0 Å². The zero-order valence-corrected chi connectivity index (χ0v) is 11.3. The van der Waals surface area contributed by atoms with Crippen LogP contribution in [0.1, 0.15) is 32.7 Å². The van der Waals surface area contributed by atoms with E-state index in [1.807, 2.05) is 10.9 Å². The molecule has 0 atom stereocenters. The molecule has 18 heavy (non-hydrogen) atoms. The Morgan fingerprint density at radius 1 is 1.50 bits per heavy atom. The van der Waals surface area contributed by atoms with E-state index in [0.29, 0.717) is 12.1 Å². The Morgan fingerprint density at radius 3 is 2.78 bits per heavy atom. The van der Waals surface area contributed by atoms with E-state index in [1.165, 1.54) is 0 Å². The van der Waals surface area contributed by atoms with Gasteiger partial charge in [-0.1, -0.05) is 5.92 Å². The van der Waals surface area contributed by atoms with Crippen molar-refractivity contribution in [3.05, 3.63) is 12.4 Å². The molecule has 1 N–H and O–H groups in total. The molecule has 1 fully saturated rings. The Labute approximate surface area is 109 Å². The standard InChI is InChI=1S/C14H22N4/c1-4-7-17-8-5-13(6-9-17)16-14-10-15-18(11-14)12(2)3/h1,10-13,16H,5-9H2,2-3H3. The summed E-state index contributed by atoms with van der Waals surface area (Å²) in [5.41, 5.74) is 1.12. The quantitative estimate of drug-likeness (QED) is 0.825. The Balaban J connectivity index is 1.82. The van der Waals surface area contributed by atoms with Gasteiger partial charge in [-0.3, -0.25) is 9.58 Å². The molecule has 0 aromatic carbocycles. The molecule has 0 radical (unpaired) electrons. The van der Waals surface area contributed by atoms with Crippen molar-refractivity contribution in [1.82, 2.24) is 14.7 Å². The zero-order chi connectivity index (χ0) is 13.0. The highest BCUT2D eigenvalue weighted by Gasteiger charge is 2.18. The van der Waals surface area contributed by atoms with Crippen LogP contribution in [0.4, 0.5) is 5.69 Å². The van der Waals surface area contributed by atoms with Gasteiger partial charge in [0.1, 0.15) is 0 Å². The fourth-order valence-corrected chi connectivity index (χ4v) is 2.30. The van der Waals surface area contributed by atoms with Crippen molar-refractivity contribution >= 4 is 5.69 Å². The lowest BCUT2D eigenvalue weighted by atomic mass is 10.1. The molecule has 2 rings (SSSR count). The molecule has 4 heteroatoms. The number of hydrogen-bond donors (Lipinski definition) is 1. The average Bonchev–Trinajstić information content (AvgIpc) is 2.81. The number of hydrogen-bond acceptors (Lipinski definition) is 3. The second-order valence-corrected chi connectivity index (χ2v) is 5.20. The maximum atomic E-state index is 5.33. The number of anilines is 1. The van der Waals surface area contributed by atoms with Crippen molar-refractivity contribution < 1.29 is 0 Å². The van der Waals surface area contributed by atoms with Crippen LogP contribution in [0.25, 0.3) is 0 Å². The van der Waals surface area contributed by atoms with Crippen LogP contribution in [-0.2, 0) is 0 Å². The van der Waals surface area contributed by atoms with Gasteiger partial charge in [0, 0.05) is 31.4 Å². The van der Waals surface area contributed by atoms with Gasteiger partial charge in [-0.2, -0.15) is 5.10 Å². The topological polar surface area (TPSA) is 33.1 Å². The highest BCUT2D eigenvalue weighted by atomic mass is 15.3. The van der Waals surface area contributed by atoms with Gasteiger partial charge in [-0.15, -0.1) is 6.42 Å². The summed E-state index contributed by atoms with van der Waals surface area (Å²) in [4.78, 5) is 2.33. The molecule has 2 heterocycles. The van der Waals surface area contributed by atoms with E-state index in [-0.39, 0.29) is 0 Å². The van der Waals surface area contributed by atoms with Crippen LogP contribution in [0, 0.1) is 12.3 Å². The predicted molar refractivity (Wildman–Crippen MR) is 74.5 cm³/mol. The minimum Gasteiger partial charge on any atom is -0.380 e. The fraction of sp³-hybridized carbons (Fsp3) is 0.643. The molecule has 0 unspecified atom stereocenters. The van der Waals surface area contributed by atoms with Gasteiger partial charge in [0.05, 0.1) is 18.4 Å². The van der Waals surface area contributed by atoms with Gasteiger partial charge in [0.15, 0.2) is 0 Å². The Kier molecular flexibility index (Phi) is 4.27. The van der Waals surface area contributed by atoms with Crippen LogP contribution < -0.4 is 5.32 Å². The van der Waals surface area contributed by atoms with E-state index in [1.54, 1.807) is 0 Å². The lowest BCUT2D eigenvalue weighted by molar-refractivity contribution is 0.243. The monoisotopic (exact) mass is 246 g/mol. The van der Waals surface area contributed by atoms with Crippen molar-refractivity contribution in [2.75, 3.05) is 25.0 Å². The molecule has 98 valence electrons. The van der Waals surface area contributed by atoms with Crippen LogP contribution in [0.3, 0.4) is 0 Å². The average molecular weight is 246 g/mol. The van der Waals surface area contributed by atoms with Gasteiger partial charge in [-0.25, -0.2) is 0 Å². The molecule has 0 bridgehead atoms. The molecule has 0 spiro atoms. The molecule has 1 aliphatic heterocycles. The molecule has 1 aliphatic rings. The molecule has 0 aliphatic carbocycles. The second kappa shape index (κ2) is 5.92. The minimum atomic E-state index is 0.415. The maximum absolute atomic E-state index is 5.33. The Hall–Kier alpha value is -1.47. The first-order valence-corrected chi connectivity index (χ1v) is 6.65. The van der Waals surface area contributed by atoms with Crippen molar-refractivity contribution in [1.29, 1.82) is 0 Å². The van der Waals surface area contributed by atoms with Gasteiger partial charge in [0.25, 0.3) is 0 Å². The van der Waals surface area contributed by atoms with Crippen LogP contribution in [0.5, 0.6) is 0 Å². The smallest absolute Gasteiger partial charge is 0.0728 e. The van der Waals surface area contributed by atoms with Crippen LogP contribution in [0.2, 0.25) is 0 Å². The normalized spacial score (nSPS) is 17.9. The lowest BCUT2D eigenvalue weighted by Gasteiger charge is -2.31. The highest BCUT2D eigenvalue weighted by molar-refractivity contribution is 5.39. The molecule has 1 aromatic rings. The third-order valence-corrected chi connectivity index (χ3v) is 3.40. The number of piperidine rings is 1. The van der Waals surface area contributed by atoms with Crippen molar-refractivity contribution in [3.8, 4) is 12.3 Å². The largest absolute Gasteiger partial charge is 0.380 e. The van der Waals surface area contributed by atoms with Gasteiger partial charge in [0.2, 0.25) is 0 Å². The maximum Gasteiger partial charge on any atom is 0.0728 e. The molecular weight excluding hydrogens is 224 g/mol. The molecule has 0 saturated carbocycles. The van der Waals surface area contributed by atoms with Gasteiger partial charge in [-0.05, 0) is 26.7 Å². The van der Waals surface area contributed by atoms with Crippen molar-refractivity contribution in [2.45, 2.75) is 38.8 Å². The summed E-state index contributed by atoms with van der Waals surface area (Å²) in [7, 11) is 0. The van der Waals surface area contributed by atoms with Crippen LogP contribution in [0.15, 0.2) is 12.4 Å². The minimum absolute atomic E-state index is 0.415. The number of aromatic nitrogens is 2. The van der Waals surface area contributed by atoms with Crippen LogP contribution >= 0.6 is 0 Å². The fourth-order valence-electron chi connectivity index (χ4n) is 2.30. The molecular formula is C14H22N4. The van der Waals surface area contributed by atoms with E-state index in [4.69, 9.17) is 6.42 Å². The molecule has 4 nitrogen and oxygen atoms in total. The van der Waals surface area contributed by atoms with E-state index >= 15 is 0 Å². The molecule has 0 amide bonds. The molecule has 1 saturated heterocycles. The number of nitrogens with one attached hydrogen (secondary N) is 1. The summed E-state index contributed by atoms with van der Waals surface area (Å²) in [5, 5.41) is 7.90. The van der Waals surface area contributed by atoms with Gasteiger partial charge < -0.3 is 5.32 Å². The SMILES string of the molecule is C#CCN1CCC(Nc2cnn(C(C)C)c2)CC1. The second-order valence-electron chi connectivity index (χ2n) is 5.20. The summed E-state index contributed by atoms with van der Waals surface area (Å²) in [6, 6.07) is 0.960. The number of likely N-dealkylation sites (tertiary alicyclic amines) is 1. The van der Waals surface area contributed by atoms with Crippen LogP contribution in [-0.4, -0.2) is 40.4 Å². The summed E-state index contributed by atoms with van der Waals surface area (Å²) >= 11 is 0. The van der Waals surface area contributed by atoms with Crippen molar-refractivity contribution in [3.63, 3.8) is 0 Å². The number of nitrogens with zero attached hydrogens (tertiary/aromatic N) is 3. The third kappa shape index (κ3) is 3.27. The first kappa shape index (κ1) is 13.0. The van der Waals surface area contributed by atoms with E-state index in [9.17, 15) is 0 Å². The third-order valence-electron chi connectivity index (χ3n) is 3.40. The van der Waals surface area contributed by atoms with E-state index < -0.39 is 0 Å². The highest BCUT2D eigenvalue weighted by Crippen LogP contribution is 2.17. The summed E-state index contributed by atoms with van der Waals surface area (Å²) in [5.74, 6) is 2.71. The van der Waals surface area contributed by atoms with Gasteiger partial charge >= 0.3 is 0 Å². The Bertz CT molecular complexity index is 408.